The number of imidazole rings is 1. The zero-order valence-electron chi connectivity index (χ0n) is 18.7. The van der Waals surface area contributed by atoms with Crippen molar-refractivity contribution in [1.82, 2.24) is 9.55 Å². The monoisotopic (exact) mass is 548 g/mol. The number of hydrogen-bond acceptors (Lipinski definition) is 3. The maximum atomic E-state index is 13.7. The predicted octanol–water partition coefficient (Wildman–Crippen LogP) is 8.29. The highest BCUT2D eigenvalue weighted by Gasteiger charge is 2.30. The Bertz CT molecular complexity index is 1400. The lowest BCUT2D eigenvalue weighted by Gasteiger charge is -2.28. The van der Waals surface area contributed by atoms with E-state index in [1.807, 2.05) is 30.5 Å². The van der Waals surface area contributed by atoms with Crippen LogP contribution in [0.2, 0.25) is 15.1 Å². The normalized spacial score (nSPS) is 11.6. The third-order valence-corrected chi connectivity index (χ3v) is 7.86. The number of halogens is 4. The summed E-state index contributed by atoms with van der Waals surface area (Å²) in [5.74, 6) is -1.12. The van der Waals surface area contributed by atoms with Gasteiger partial charge in [-0.25, -0.2) is 14.2 Å². The molecule has 0 spiro atoms. The van der Waals surface area contributed by atoms with Gasteiger partial charge in [0.25, 0.3) is 0 Å². The highest BCUT2D eigenvalue weighted by molar-refractivity contribution is 7.98. The molecule has 3 aromatic carbocycles. The van der Waals surface area contributed by atoms with E-state index in [2.05, 4.69) is 4.98 Å². The van der Waals surface area contributed by atoms with Crippen LogP contribution in [0.1, 0.15) is 41.0 Å². The molecule has 0 aliphatic rings. The first-order valence-electron chi connectivity index (χ1n) is 10.5. The Morgan fingerprint density at radius 1 is 1.03 bits per heavy atom. The van der Waals surface area contributed by atoms with Gasteiger partial charge >= 0.3 is 5.97 Å². The number of nitrogens with zero attached hydrogens (tertiary/aromatic N) is 2. The van der Waals surface area contributed by atoms with Crippen LogP contribution < -0.4 is 0 Å². The molecule has 180 valence electrons. The molecule has 1 aromatic heterocycles. The smallest absolute Gasteiger partial charge is 0.336 e. The molecule has 0 amide bonds. The van der Waals surface area contributed by atoms with Crippen LogP contribution in [0.3, 0.4) is 0 Å². The molecule has 9 heteroatoms. The van der Waals surface area contributed by atoms with Gasteiger partial charge in [0.1, 0.15) is 5.82 Å². The van der Waals surface area contributed by atoms with Crippen LogP contribution in [0.25, 0.3) is 5.69 Å². The summed E-state index contributed by atoms with van der Waals surface area (Å²) in [6, 6.07) is 16.4. The average Bonchev–Trinajstić information content (AvgIpc) is 3.25. The quantitative estimate of drug-likeness (QED) is 0.236. The Balaban J connectivity index is 1.80. The first-order valence-corrected chi connectivity index (χ1v) is 12.6. The molecule has 0 bridgehead atoms. The fourth-order valence-corrected chi connectivity index (χ4v) is 5.46. The lowest BCUT2D eigenvalue weighted by Crippen LogP contribution is -2.23. The number of hydrogen-bond donors (Lipinski definition) is 1. The number of thioether (sulfide) groups is 1. The van der Waals surface area contributed by atoms with Gasteiger partial charge in [0.2, 0.25) is 0 Å². The lowest BCUT2D eigenvalue weighted by atomic mass is 9.81. The number of rotatable bonds is 7. The van der Waals surface area contributed by atoms with Gasteiger partial charge in [-0.15, -0.1) is 0 Å². The van der Waals surface area contributed by atoms with E-state index in [1.54, 1.807) is 36.5 Å². The van der Waals surface area contributed by atoms with Gasteiger partial charge in [0.05, 0.1) is 27.5 Å². The van der Waals surface area contributed by atoms with E-state index in [1.165, 1.54) is 30.0 Å². The van der Waals surface area contributed by atoms with Crippen LogP contribution in [0.5, 0.6) is 0 Å². The van der Waals surface area contributed by atoms with Crippen molar-refractivity contribution >= 4 is 52.5 Å². The van der Waals surface area contributed by atoms with Crippen LogP contribution >= 0.6 is 46.6 Å². The molecule has 0 saturated heterocycles. The SMILES string of the molecule is CC(C)(c1ccc(Cl)c(Cl)c1)c1cnc(SCc2c(Cl)cccc2C(=O)O)n1-c1ccc(F)cc1. The fraction of sp³-hybridized carbons (Fsp3) is 0.154. The Kier molecular flexibility index (Phi) is 7.48. The van der Waals surface area contributed by atoms with Gasteiger partial charge in [0.15, 0.2) is 5.16 Å². The number of benzene rings is 3. The second kappa shape index (κ2) is 10.2. The van der Waals surface area contributed by atoms with Crippen molar-refractivity contribution in [1.29, 1.82) is 0 Å². The van der Waals surface area contributed by atoms with E-state index >= 15 is 0 Å². The van der Waals surface area contributed by atoms with E-state index in [9.17, 15) is 14.3 Å². The summed E-state index contributed by atoms with van der Waals surface area (Å²) >= 11 is 20.1. The summed E-state index contributed by atoms with van der Waals surface area (Å²) in [5.41, 5.74) is 2.57. The van der Waals surface area contributed by atoms with E-state index in [-0.39, 0.29) is 17.1 Å². The van der Waals surface area contributed by atoms with Gasteiger partial charge in [-0.05, 0) is 59.7 Å². The fourth-order valence-electron chi connectivity index (χ4n) is 3.79. The van der Waals surface area contributed by atoms with Crippen LogP contribution in [0, 0.1) is 5.82 Å². The molecule has 0 unspecified atom stereocenters. The molecule has 0 atom stereocenters. The molecule has 0 aliphatic carbocycles. The first-order chi connectivity index (χ1) is 16.6. The van der Waals surface area contributed by atoms with E-state index in [4.69, 9.17) is 34.8 Å². The first kappa shape index (κ1) is 25.6. The Morgan fingerprint density at radius 3 is 2.40 bits per heavy atom. The maximum Gasteiger partial charge on any atom is 0.336 e. The summed E-state index contributed by atoms with van der Waals surface area (Å²) in [5, 5.41) is 11.5. The highest BCUT2D eigenvalue weighted by Crippen LogP contribution is 2.39. The van der Waals surface area contributed by atoms with Gasteiger partial charge in [-0.2, -0.15) is 0 Å². The topological polar surface area (TPSA) is 55.1 Å². The standard InChI is InChI=1S/C26H20Cl3FN2O2S/c1-26(2,15-6-11-21(28)22(29)12-15)23-13-31-25(32(23)17-9-7-16(30)8-10-17)35-14-19-18(24(33)34)4-3-5-20(19)27/h3-13H,14H2,1-2H3,(H,33,34). The zero-order valence-corrected chi connectivity index (χ0v) is 21.8. The molecule has 0 radical (unpaired) electrons. The van der Waals surface area contributed by atoms with Gasteiger partial charge in [-0.1, -0.05) is 72.5 Å². The van der Waals surface area contributed by atoms with Gasteiger partial charge in [0, 0.05) is 21.9 Å². The minimum Gasteiger partial charge on any atom is -0.478 e. The number of carbonyl (C=O) groups is 1. The summed E-state index contributed by atoms with van der Waals surface area (Å²) in [7, 11) is 0. The molecule has 4 nitrogen and oxygen atoms in total. The second-order valence-electron chi connectivity index (χ2n) is 8.35. The molecule has 4 aromatic rings. The second-order valence-corrected chi connectivity index (χ2v) is 10.5. The minimum absolute atomic E-state index is 0.140. The summed E-state index contributed by atoms with van der Waals surface area (Å²) in [6.07, 6.45) is 1.76. The molecule has 0 aliphatic heterocycles. The third-order valence-electron chi connectivity index (χ3n) is 5.79. The lowest BCUT2D eigenvalue weighted by molar-refractivity contribution is 0.0696. The zero-order chi connectivity index (χ0) is 25.3. The summed E-state index contributed by atoms with van der Waals surface area (Å²) < 4.78 is 15.7. The van der Waals surface area contributed by atoms with Crippen molar-refractivity contribution < 1.29 is 14.3 Å². The predicted molar refractivity (Wildman–Crippen MR) is 140 cm³/mol. The van der Waals surface area contributed by atoms with E-state index in [0.29, 0.717) is 31.5 Å². The Hall–Kier alpha value is -2.51. The molecule has 4 rings (SSSR count). The van der Waals surface area contributed by atoms with E-state index < -0.39 is 11.4 Å². The number of carboxylic acids is 1. The van der Waals surface area contributed by atoms with Crippen molar-refractivity contribution in [3.63, 3.8) is 0 Å². The Labute approximate surface area is 221 Å². The average molecular weight is 550 g/mol. The largest absolute Gasteiger partial charge is 0.478 e. The van der Waals surface area contributed by atoms with Gasteiger partial charge in [-0.3, -0.25) is 4.57 Å². The highest BCUT2D eigenvalue weighted by atomic mass is 35.5. The van der Waals surface area contributed by atoms with Crippen molar-refractivity contribution in [2.75, 3.05) is 0 Å². The Morgan fingerprint density at radius 2 is 1.74 bits per heavy atom. The summed E-state index contributed by atoms with van der Waals surface area (Å²) in [4.78, 5) is 16.4. The maximum absolute atomic E-state index is 13.7. The van der Waals surface area contributed by atoms with Crippen LogP contribution in [0.4, 0.5) is 4.39 Å². The van der Waals surface area contributed by atoms with E-state index in [0.717, 1.165) is 11.3 Å². The van der Waals surface area contributed by atoms with Crippen molar-refractivity contribution in [3.8, 4) is 5.69 Å². The van der Waals surface area contributed by atoms with Crippen molar-refractivity contribution in [2.24, 2.45) is 0 Å². The number of carboxylic acid groups (broad SMARTS) is 1. The third kappa shape index (κ3) is 5.21. The molecule has 0 fully saturated rings. The molecular weight excluding hydrogens is 530 g/mol. The molecule has 1 heterocycles. The molecule has 1 N–H and O–H groups in total. The van der Waals surface area contributed by atoms with Crippen LogP contribution in [0.15, 0.2) is 72.0 Å². The van der Waals surface area contributed by atoms with Crippen molar-refractivity contribution in [3.05, 3.63) is 110 Å². The number of aromatic carboxylic acids is 1. The minimum atomic E-state index is -1.05. The van der Waals surface area contributed by atoms with Gasteiger partial charge < -0.3 is 5.11 Å². The number of aromatic nitrogens is 2. The molecule has 35 heavy (non-hydrogen) atoms. The molecular formula is C26H20Cl3FN2O2S. The van der Waals surface area contributed by atoms with Crippen LogP contribution in [-0.2, 0) is 11.2 Å². The molecule has 0 saturated carbocycles. The van der Waals surface area contributed by atoms with Crippen LogP contribution in [-0.4, -0.2) is 20.6 Å². The summed E-state index contributed by atoms with van der Waals surface area (Å²) in [6.45, 7) is 4.07. The van der Waals surface area contributed by atoms with Crippen molar-refractivity contribution in [2.45, 2.75) is 30.2 Å².